The lowest BCUT2D eigenvalue weighted by atomic mass is 9.96. The molecule has 2 aliphatic rings. The third kappa shape index (κ3) is 4.88. The number of fused-ring (bicyclic) bond motifs is 1. The quantitative estimate of drug-likeness (QED) is 0.567. The molecule has 0 aromatic heterocycles. The maximum atomic E-state index is 12.8. The molecule has 1 aliphatic carbocycles. The fourth-order valence-electron chi connectivity index (χ4n) is 4.31. The Morgan fingerprint density at radius 3 is 2.93 bits per heavy atom. The minimum absolute atomic E-state index is 0.0781. The zero-order chi connectivity index (χ0) is 19.4. The summed E-state index contributed by atoms with van der Waals surface area (Å²) in [4.78, 5) is 15.1. The Labute approximate surface area is 162 Å². The van der Waals surface area contributed by atoms with Crippen LogP contribution in [0, 0.1) is 5.92 Å². The largest absolute Gasteiger partial charge is 0.392 e. The van der Waals surface area contributed by atoms with Crippen LogP contribution in [0.15, 0.2) is 24.3 Å². The molecule has 1 aromatic carbocycles. The molecule has 0 radical (unpaired) electrons. The van der Waals surface area contributed by atoms with Gasteiger partial charge < -0.3 is 20.8 Å². The molecule has 3 rings (SSSR count). The molecule has 1 aromatic rings. The van der Waals surface area contributed by atoms with Gasteiger partial charge in [0.25, 0.3) is 0 Å². The van der Waals surface area contributed by atoms with Gasteiger partial charge in [-0.1, -0.05) is 31.2 Å². The summed E-state index contributed by atoms with van der Waals surface area (Å²) in [5.74, 6) is -0.330. The first-order valence-electron chi connectivity index (χ1n) is 10.2. The Hall–Kier alpha value is -1.47. The van der Waals surface area contributed by atoms with E-state index in [1.54, 1.807) is 0 Å². The molecule has 0 bridgehead atoms. The van der Waals surface area contributed by atoms with Gasteiger partial charge in [0.15, 0.2) is 0 Å². The van der Waals surface area contributed by atoms with Crippen molar-refractivity contribution in [1.82, 2.24) is 15.5 Å². The van der Waals surface area contributed by atoms with Gasteiger partial charge in [0.1, 0.15) is 0 Å². The molecule has 1 aliphatic heterocycles. The van der Waals surface area contributed by atoms with E-state index in [0.29, 0.717) is 31.8 Å². The Morgan fingerprint density at radius 1 is 1.41 bits per heavy atom. The van der Waals surface area contributed by atoms with Crippen LogP contribution in [0.5, 0.6) is 0 Å². The first-order chi connectivity index (χ1) is 13.0. The predicted octanol–water partition coefficient (Wildman–Crippen LogP) is 0.832. The molecule has 27 heavy (non-hydrogen) atoms. The lowest BCUT2D eigenvalue weighted by Crippen LogP contribution is -2.52. The molecule has 1 saturated heterocycles. The molecular formula is C21H33N3O3. The minimum atomic E-state index is -0.588. The number of aliphatic hydroxyl groups excluding tert-OH is 2. The Kier molecular flexibility index (Phi) is 6.87. The SMILES string of the molecule is CC[C@H](C[C@H](O)CN1CCNC[C@H]1C)C(=O)N[C@H]1c2ccccc2C[C@H]1O. The lowest BCUT2D eigenvalue weighted by Gasteiger charge is -2.35. The number of rotatable bonds is 7. The number of benzene rings is 1. The zero-order valence-electron chi connectivity index (χ0n) is 16.4. The van der Waals surface area contributed by atoms with E-state index in [1.165, 1.54) is 0 Å². The van der Waals surface area contributed by atoms with Gasteiger partial charge in [-0.25, -0.2) is 0 Å². The van der Waals surface area contributed by atoms with Crippen LogP contribution in [0.2, 0.25) is 0 Å². The molecule has 5 atom stereocenters. The van der Waals surface area contributed by atoms with E-state index >= 15 is 0 Å². The van der Waals surface area contributed by atoms with Gasteiger partial charge in [-0.2, -0.15) is 0 Å². The average Bonchev–Trinajstić information content (AvgIpc) is 2.97. The highest BCUT2D eigenvalue weighted by Gasteiger charge is 2.33. The maximum absolute atomic E-state index is 12.8. The van der Waals surface area contributed by atoms with Gasteiger partial charge in [-0.15, -0.1) is 0 Å². The van der Waals surface area contributed by atoms with Gasteiger partial charge >= 0.3 is 0 Å². The molecule has 1 fully saturated rings. The van der Waals surface area contributed by atoms with Crippen molar-refractivity contribution in [3.63, 3.8) is 0 Å². The molecule has 6 heteroatoms. The first kappa shape index (κ1) is 20.3. The second-order valence-corrected chi connectivity index (χ2v) is 8.00. The number of nitrogens with one attached hydrogen (secondary N) is 2. The number of nitrogens with zero attached hydrogens (tertiary/aromatic N) is 1. The topological polar surface area (TPSA) is 84.8 Å². The third-order valence-corrected chi connectivity index (χ3v) is 6.01. The van der Waals surface area contributed by atoms with Crippen LogP contribution in [0.4, 0.5) is 0 Å². The number of carbonyl (C=O) groups is 1. The Balaban J connectivity index is 1.56. The van der Waals surface area contributed by atoms with Crippen LogP contribution in [0.3, 0.4) is 0 Å². The van der Waals surface area contributed by atoms with E-state index in [0.717, 1.165) is 30.8 Å². The van der Waals surface area contributed by atoms with Crippen LogP contribution in [0.1, 0.15) is 43.9 Å². The van der Waals surface area contributed by atoms with E-state index in [4.69, 9.17) is 0 Å². The van der Waals surface area contributed by atoms with Gasteiger partial charge in [0, 0.05) is 44.6 Å². The highest BCUT2D eigenvalue weighted by atomic mass is 16.3. The fraction of sp³-hybridized carbons (Fsp3) is 0.667. The summed E-state index contributed by atoms with van der Waals surface area (Å²) in [5.41, 5.74) is 2.10. The van der Waals surface area contributed by atoms with Crippen molar-refractivity contribution >= 4 is 5.91 Å². The van der Waals surface area contributed by atoms with Crippen LogP contribution in [-0.4, -0.2) is 65.4 Å². The number of aliphatic hydroxyl groups is 2. The summed E-state index contributed by atoms with van der Waals surface area (Å²) in [5, 5.41) is 27.3. The standard InChI is InChI=1S/C21H33N3O3/c1-3-15(10-17(25)13-24-9-8-22-12-14(24)2)21(27)23-20-18-7-5-4-6-16(18)11-19(20)26/h4-7,14-15,17,19-20,22,25-26H,3,8-13H2,1-2H3,(H,23,27)/t14-,15-,17+,19-,20+/m1/s1. The first-order valence-corrected chi connectivity index (χ1v) is 10.2. The van der Waals surface area contributed by atoms with Gasteiger partial charge in [0.05, 0.1) is 18.2 Å². The molecule has 0 saturated carbocycles. The summed E-state index contributed by atoms with van der Waals surface area (Å²) in [7, 11) is 0. The van der Waals surface area contributed by atoms with Gasteiger partial charge in [-0.3, -0.25) is 9.69 Å². The summed E-state index contributed by atoms with van der Waals surface area (Å²) >= 11 is 0. The smallest absolute Gasteiger partial charge is 0.223 e. The Bertz CT molecular complexity index is 639. The monoisotopic (exact) mass is 375 g/mol. The second kappa shape index (κ2) is 9.15. The molecule has 150 valence electrons. The number of amides is 1. The number of hydrogen-bond donors (Lipinski definition) is 4. The normalized spacial score (nSPS) is 27.8. The summed E-state index contributed by atoms with van der Waals surface area (Å²) in [6.07, 6.45) is 0.576. The lowest BCUT2D eigenvalue weighted by molar-refractivity contribution is -0.127. The van der Waals surface area contributed by atoms with Crippen LogP contribution in [-0.2, 0) is 11.2 Å². The van der Waals surface area contributed by atoms with E-state index in [9.17, 15) is 15.0 Å². The molecular weight excluding hydrogens is 342 g/mol. The van der Waals surface area contributed by atoms with Crippen molar-refractivity contribution in [2.45, 2.75) is 57.4 Å². The predicted molar refractivity (Wildman–Crippen MR) is 105 cm³/mol. The number of hydrogen-bond acceptors (Lipinski definition) is 5. The Morgan fingerprint density at radius 2 is 2.19 bits per heavy atom. The molecule has 4 N–H and O–H groups in total. The highest BCUT2D eigenvalue weighted by molar-refractivity contribution is 5.79. The van der Waals surface area contributed by atoms with Gasteiger partial charge in [-0.05, 0) is 30.9 Å². The highest BCUT2D eigenvalue weighted by Crippen LogP contribution is 2.31. The molecule has 0 spiro atoms. The number of piperazine rings is 1. The summed E-state index contributed by atoms with van der Waals surface area (Å²) in [6.45, 7) is 7.52. The molecule has 1 heterocycles. The second-order valence-electron chi connectivity index (χ2n) is 8.00. The number of carbonyl (C=O) groups excluding carboxylic acids is 1. The minimum Gasteiger partial charge on any atom is -0.392 e. The third-order valence-electron chi connectivity index (χ3n) is 6.01. The van der Waals surface area contributed by atoms with E-state index in [-0.39, 0.29) is 17.9 Å². The van der Waals surface area contributed by atoms with Crippen molar-refractivity contribution in [3.05, 3.63) is 35.4 Å². The van der Waals surface area contributed by atoms with Crippen LogP contribution >= 0.6 is 0 Å². The van der Waals surface area contributed by atoms with Crippen molar-refractivity contribution in [2.24, 2.45) is 5.92 Å². The van der Waals surface area contributed by atoms with Crippen molar-refractivity contribution < 1.29 is 15.0 Å². The van der Waals surface area contributed by atoms with Gasteiger partial charge in [0.2, 0.25) is 5.91 Å². The van der Waals surface area contributed by atoms with Crippen LogP contribution in [0.25, 0.3) is 0 Å². The van der Waals surface area contributed by atoms with Crippen molar-refractivity contribution in [1.29, 1.82) is 0 Å². The van der Waals surface area contributed by atoms with E-state index < -0.39 is 12.2 Å². The molecule has 0 unspecified atom stereocenters. The molecule has 6 nitrogen and oxygen atoms in total. The van der Waals surface area contributed by atoms with Crippen LogP contribution < -0.4 is 10.6 Å². The average molecular weight is 376 g/mol. The van der Waals surface area contributed by atoms with Crippen molar-refractivity contribution in [2.75, 3.05) is 26.2 Å². The number of β-amino-alcohol motifs (C(OH)–C–C–N with tert-alkyl or cyclic N) is 1. The molecule has 1 amide bonds. The van der Waals surface area contributed by atoms with E-state index in [1.807, 2.05) is 31.2 Å². The van der Waals surface area contributed by atoms with Crippen molar-refractivity contribution in [3.8, 4) is 0 Å². The fourth-order valence-corrected chi connectivity index (χ4v) is 4.31. The van der Waals surface area contributed by atoms with E-state index in [2.05, 4.69) is 22.5 Å². The summed E-state index contributed by atoms with van der Waals surface area (Å²) < 4.78 is 0. The summed E-state index contributed by atoms with van der Waals surface area (Å²) in [6, 6.07) is 7.91. The zero-order valence-corrected chi connectivity index (χ0v) is 16.4. The maximum Gasteiger partial charge on any atom is 0.223 e.